The zero-order valence-electron chi connectivity index (χ0n) is 4.64. The van der Waals surface area contributed by atoms with E-state index in [0.717, 1.165) is 17.3 Å². The number of hydrogen-bond donors (Lipinski definition) is 0. The Labute approximate surface area is 67.0 Å². The molecule has 1 nitrogen and oxygen atoms in total. The second kappa shape index (κ2) is 6.12. The molecule has 0 N–H and O–H groups in total. The first-order valence-electron chi connectivity index (χ1n) is 2.14. The van der Waals surface area contributed by atoms with Gasteiger partial charge in [-0.1, -0.05) is 6.20 Å². The summed E-state index contributed by atoms with van der Waals surface area (Å²) in [6.07, 6.45) is 1.38. The van der Waals surface area contributed by atoms with E-state index in [2.05, 4.69) is 11.1 Å². The van der Waals surface area contributed by atoms with Crippen molar-refractivity contribution in [1.82, 2.24) is 4.98 Å². The first-order valence-corrected chi connectivity index (χ1v) is 6.04. The molecule has 1 aromatic rings. The normalized spacial score (nSPS) is 7.56. The van der Waals surface area contributed by atoms with Crippen LogP contribution in [0.3, 0.4) is 0 Å². The van der Waals surface area contributed by atoms with Gasteiger partial charge in [0.1, 0.15) is 5.95 Å². The average molecular weight is 197 g/mol. The van der Waals surface area contributed by atoms with Gasteiger partial charge in [0, 0.05) is 0 Å². The summed E-state index contributed by atoms with van der Waals surface area (Å²) in [5.41, 5.74) is 0. The van der Waals surface area contributed by atoms with Gasteiger partial charge in [0.2, 0.25) is 0 Å². The predicted octanol–water partition coefficient (Wildman–Crippen LogP) is 1.71. The molecule has 0 radical (unpaired) electrons. The summed E-state index contributed by atoms with van der Waals surface area (Å²) < 4.78 is 11.7. The quantitative estimate of drug-likeness (QED) is 0.350. The summed E-state index contributed by atoms with van der Waals surface area (Å²) in [7, 11) is 4.76. The summed E-state index contributed by atoms with van der Waals surface area (Å²) in [5.74, 6) is -0.553. The summed E-state index contributed by atoms with van der Waals surface area (Å²) in [6.45, 7) is 0. The van der Waals surface area contributed by atoms with Gasteiger partial charge in [-0.2, -0.15) is 12.1 Å². The van der Waals surface area contributed by atoms with E-state index < -0.39 is 5.95 Å². The Morgan fingerprint density at radius 3 is 2.56 bits per heavy atom. The van der Waals surface area contributed by atoms with Gasteiger partial charge < -0.3 is 0 Å². The molecule has 0 bridgehead atoms. The van der Waals surface area contributed by atoms with Crippen LogP contribution >= 0.6 is 9.69 Å². The molecule has 0 aromatic carbocycles. The van der Waals surface area contributed by atoms with Gasteiger partial charge in [-0.05, 0) is 0 Å². The zero-order valence-corrected chi connectivity index (χ0v) is 8.37. The van der Waals surface area contributed by atoms with Crippen LogP contribution in [-0.4, -0.2) is 4.98 Å². The van der Waals surface area contributed by atoms with Gasteiger partial charge in [0.15, 0.2) is 0 Å². The summed E-state index contributed by atoms with van der Waals surface area (Å²) >= 11 is 0.847. The number of halogens is 2. The molecular weight excluding hydrogens is 194 g/mol. The molecule has 0 spiro atoms. The molecule has 0 amide bonds. The van der Waals surface area contributed by atoms with Gasteiger partial charge in [0.05, 0.1) is 0 Å². The fourth-order valence-corrected chi connectivity index (χ4v) is 0.306. The second-order valence-electron chi connectivity index (χ2n) is 1.07. The Balaban J connectivity index is 0.000000291. The third-order valence-corrected chi connectivity index (χ3v) is 0.573. The molecule has 0 aliphatic carbocycles. The minimum atomic E-state index is -0.553. The Bertz CT molecular complexity index is 147. The molecule has 0 atom stereocenters. The third-order valence-electron chi connectivity index (χ3n) is 0.573. The molecule has 1 aromatic heterocycles. The van der Waals surface area contributed by atoms with Gasteiger partial charge in [-0.15, -0.1) is 0 Å². The molecular formula is C5H3ClFNZn. The van der Waals surface area contributed by atoms with Crippen molar-refractivity contribution < 1.29 is 21.7 Å². The van der Waals surface area contributed by atoms with Crippen LogP contribution in [0.15, 0.2) is 18.3 Å². The van der Waals surface area contributed by atoms with Crippen molar-refractivity contribution in [3.8, 4) is 0 Å². The van der Waals surface area contributed by atoms with Crippen LogP contribution in [0.2, 0.25) is 0 Å². The Morgan fingerprint density at radius 1 is 1.67 bits per heavy atom. The number of pyridine rings is 1. The van der Waals surface area contributed by atoms with Crippen molar-refractivity contribution in [2.24, 2.45) is 0 Å². The van der Waals surface area contributed by atoms with Crippen molar-refractivity contribution in [3.05, 3.63) is 30.3 Å². The van der Waals surface area contributed by atoms with Crippen molar-refractivity contribution >= 4 is 9.69 Å². The topological polar surface area (TPSA) is 12.9 Å². The van der Waals surface area contributed by atoms with Crippen molar-refractivity contribution in [1.29, 1.82) is 0 Å². The Kier molecular flexibility index (Phi) is 6.11. The molecule has 0 saturated heterocycles. The van der Waals surface area contributed by atoms with Crippen molar-refractivity contribution in [3.63, 3.8) is 0 Å². The van der Waals surface area contributed by atoms with Gasteiger partial charge in [-0.25, -0.2) is 10.5 Å². The van der Waals surface area contributed by atoms with E-state index in [1.807, 2.05) is 0 Å². The van der Waals surface area contributed by atoms with Crippen LogP contribution in [0, 0.1) is 12.0 Å². The van der Waals surface area contributed by atoms with E-state index in [1.54, 1.807) is 6.07 Å². The fraction of sp³-hybridized carbons (Fsp3) is 0. The Hall–Kier alpha value is -0.00662. The average Bonchev–Trinajstić information content (AvgIpc) is 1.94. The zero-order chi connectivity index (χ0) is 7.11. The van der Waals surface area contributed by atoms with Crippen molar-refractivity contribution in [2.75, 3.05) is 0 Å². The van der Waals surface area contributed by atoms with Crippen LogP contribution < -0.4 is 0 Å². The molecule has 0 saturated carbocycles. The number of aromatic nitrogens is 1. The number of rotatable bonds is 0. The van der Waals surface area contributed by atoms with Crippen molar-refractivity contribution in [2.45, 2.75) is 0 Å². The van der Waals surface area contributed by atoms with E-state index in [4.69, 9.17) is 9.69 Å². The second-order valence-corrected chi connectivity index (χ2v) is 1.07. The molecule has 0 fully saturated rings. The van der Waals surface area contributed by atoms with E-state index in [1.165, 1.54) is 12.3 Å². The van der Waals surface area contributed by atoms with Crippen LogP contribution in [0.5, 0.6) is 0 Å². The molecule has 4 heteroatoms. The van der Waals surface area contributed by atoms with E-state index in [0.29, 0.717) is 0 Å². The van der Waals surface area contributed by atoms with E-state index in [9.17, 15) is 4.39 Å². The van der Waals surface area contributed by atoms with Crippen LogP contribution in [0.25, 0.3) is 0 Å². The van der Waals surface area contributed by atoms with Crippen LogP contribution in [0.1, 0.15) is 0 Å². The summed E-state index contributed by atoms with van der Waals surface area (Å²) in [5, 5.41) is 0. The molecule has 1 heterocycles. The molecule has 0 aliphatic rings. The molecule has 1 rings (SSSR count). The van der Waals surface area contributed by atoms with Gasteiger partial charge >= 0.3 is 27.0 Å². The van der Waals surface area contributed by atoms with Gasteiger partial charge in [-0.3, -0.25) is 4.98 Å². The van der Waals surface area contributed by atoms with Crippen LogP contribution in [-0.2, 0) is 17.3 Å². The molecule has 9 heavy (non-hydrogen) atoms. The SMILES string of the molecule is Fc1[c-]cccn1.[Cl][Zn+]. The van der Waals surface area contributed by atoms with E-state index >= 15 is 0 Å². The van der Waals surface area contributed by atoms with Crippen LogP contribution in [0.4, 0.5) is 4.39 Å². The minimum absolute atomic E-state index is 0.553. The summed E-state index contributed by atoms with van der Waals surface area (Å²) in [4.78, 5) is 3.26. The number of nitrogens with zero attached hydrogens (tertiary/aromatic N) is 1. The standard InChI is InChI=1S/C5H3FN.ClH.Zn/c6-5-3-1-2-4-7-5;;/h1-2,4H;1H;/q-1;;+2/p-1. The molecule has 0 unspecified atom stereocenters. The molecule has 44 valence electrons. The molecule has 0 aliphatic heterocycles. The monoisotopic (exact) mass is 195 g/mol. The Morgan fingerprint density at radius 2 is 2.33 bits per heavy atom. The fourth-order valence-electron chi connectivity index (χ4n) is 0.306. The first kappa shape index (κ1) is 8.99. The van der Waals surface area contributed by atoms with Gasteiger partial charge in [0.25, 0.3) is 0 Å². The number of hydrogen-bond acceptors (Lipinski definition) is 1. The maximum atomic E-state index is 11.7. The van der Waals surface area contributed by atoms with E-state index in [-0.39, 0.29) is 0 Å². The maximum absolute atomic E-state index is 11.7. The summed E-state index contributed by atoms with van der Waals surface area (Å²) in [6, 6.07) is 5.34. The predicted molar refractivity (Wildman–Crippen MR) is 28.9 cm³/mol. The first-order chi connectivity index (χ1) is 4.39. The third kappa shape index (κ3) is 4.49.